The van der Waals surface area contributed by atoms with E-state index >= 15 is 0 Å². The third-order valence-corrected chi connectivity index (χ3v) is 3.90. The van der Waals surface area contributed by atoms with Crippen LogP contribution in [0.4, 0.5) is 17.1 Å². The molecule has 3 N–H and O–H groups in total. The summed E-state index contributed by atoms with van der Waals surface area (Å²) in [5.41, 5.74) is 2.43. The van der Waals surface area contributed by atoms with Crippen molar-refractivity contribution in [1.29, 1.82) is 0 Å². The highest BCUT2D eigenvalue weighted by Crippen LogP contribution is 2.26. The molecule has 2 aromatic rings. The van der Waals surface area contributed by atoms with Crippen LogP contribution in [0.1, 0.15) is 23.7 Å². The van der Waals surface area contributed by atoms with Crippen LogP contribution in [0.15, 0.2) is 48.5 Å². The van der Waals surface area contributed by atoms with Gasteiger partial charge in [0.25, 0.3) is 0 Å². The first-order chi connectivity index (χ1) is 12.6. The Labute approximate surface area is 150 Å². The fourth-order valence-electron chi connectivity index (χ4n) is 2.64. The summed E-state index contributed by atoms with van der Waals surface area (Å²) in [5.74, 6) is -0.968. The van der Waals surface area contributed by atoms with E-state index in [1.54, 1.807) is 37.3 Å². The molecule has 0 saturated heterocycles. The summed E-state index contributed by atoms with van der Waals surface area (Å²) in [6.45, 7) is 2.04. The standard InChI is InChI=1S/C19H19N3O4/c1-2-26-19(25)12-7-9-13(10-8-12)20-17(23)11-16-18(24)22-15-6-4-3-5-14(15)21-16/h3-10,16,21H,2,11H2,1H3,(H,20,23)(H,22,24)/t16-/m1/s1. The van der Waals surface area contributed by atoms with Crippen LogP contribution in [0.5, 0.6) is 0 Å². The number of amides is 2. The molecule has 0 aromatic heterocycles. The van der Waals surface area contributed by atoms with Gasteiger partial charge in [0.1, 0.15) is 6.04 Å². The first-order valence-corrected chi connectivity index (χ1v) is 8.30. The van der Waals surface area contributed by atoms with Crippen molar-refractivity contribution >= 4 is 34.8 Å². The van der Waals surface area contributed by atoms with Gasteiger partial charge in [-0.25, -0.2) is 4.79 Å². The molecule has 1 atom stereocenters. The molecule has 0 bridgehead atoms. The van der Waals surface area contributed by atoms with E-state index < -0.39 is 12.0 Å². The van der Waals surface area contributed by atoms with Crippen molar-refractivity contribution < 1.29 is 19.1 Å². The van der Waals surface area contributed by atoms with Crippen LogP contribution < -0.4 is 16.0 Å². The molecule has 0 spiro atoms. The van der Waals surface area contributed by atoms with E-state index in [9.17, 15) is 14.4 Å². The van der Waals surface area contributed by atoms with E-state index in [2.05, 4.69) is 16.0 Å². The third-order valence-electron chi connectivity index (χ3n) is 3.90. The molecule has 2 amide bonds. The summed E-state index contributed by atoms with van der Waals surface area (Å²) >= 11 is 0. The second kappa shape index (κ2) is 7.69. The van der Waals surface area contributed by atoms with Gasteiger partial charge in [-0.15, -0.1) is 0 Å². The zero-order chi connectivity index (χ0) is 18.5. The predicted molar refractivity (Wildman–Crippen MR) is 98.1 cm³/mol. The molecule has 1 aliphatic rings. The molecule has 1 heterocycles. The number of carbonyl (C=O) groups excluding carboxylic acids is 3. The van der Waals surface area contributed by atoms with E-state index in [4.69, 9.17) is 4.74 Å². The summed E-state index contributed by atoms with van der Waals surface area (Å²) < 4.78 is 4.91. The Bertz CT molecular complexity index is 833. The summed E-state index contributed by atoms with van der Waals surface area (Å²) in [7, 11) is 0. The average Bonchev–Trinajstić information content (AvgIpc) is 2.63. The second-order valence-corrected chi connectivity index (χ2v) is 5.78. The molecular weight excluding hydrogens is 334 g/mol. The van der Waals surface area contributed by atoms with Crippen LogP contribution in [0, 0.1) is 0 Å². The molecular formula is C19H19N3O4. The number of anilines is 3. The number of fused-ring (bicyclic) bond motifs is 1. The monoisotopic (exact) mass is 353 g/mol. The van der Waals surface area contributed by atoms with E-state index in [0.29, 0.717) is 23.5 Å². The molecule has 2 aromatic carbocycles. The van der Waals surface area contributed by atoms with Crippen LogP contribution in [0.3, 0.4) is 0 Å². The van der Waals surface area contributed by atoms with Gasteiger partial charge < -0.3 is 20.7 Å². The van der Waals surface area contributed by atoms with Crippen molar-refractivity contribution in [3.63, 3.8) is 0 Å². The maximum Gasteiger partial charge on any atom is 0.338 e. The summed E-state index contributed by atoms with van der Waals surface area (Å²) in [4.78, 5) is 36.0. The van der Waals surface area contributed by atoms with Gasteiger partial charge >= 0.3 is 5.97 Å². The molecule has 134 valence electrons. The maximum absolute atomic E-state index is 12.2. The SMILES string of the molecule is CCOC(=O)c1ccc(NC(=O)C[C@H]2Nc3ccccc3NC2=O)cc1. The Balaban J connectivity index is 1.59. The number of hydrogen-bond donors (Lipinski definition) is 3. The zero-order valence-corrected chi connectivity index (χ0v) is 14.2. The number of nitrogens with one attached hydrogen (secondary N) is 3. The van der Waals surface area contributed by atoms with E-state index in [1.165, 1.54) is 0 Å². The van der Waals surface area contributed by atoms with Crippen molar-refractivity contribution in [2.45, 2.75) is 19.4 Å². The minimum absolute atomic E-state index is 0.0141. The summed E-state index contributed by atoms with van der Waals surface area (Å²) in [6, 6.07) is 13.1. The lowest BCUT2D eigenvalue weighted by Crippen LogP contribution is -2.41. The highest BCUT2D eigenvalue weighted by atomic mass is 16.5. The third kappa shape index (κ3) is 4.00. The molecule has 0 fully saturated rings. The van der Waals surface area contributed by atoms with Crippen LogP contribution in [-0.4, -0.2) is 30.4 Å². The average molecular weight is 353 g/mol. The quantitative estimate of drug-likeness (QED) is 0.718. The topological polar surface area (TPSA) is 96.5 Å². The number of benzene rings is 2. The molecule has 26 heavy (non-hydrogen) atoms. The minimum atomic E-state index is -0.649. The van der Waals surface area contributed by atoms with E-state index in [1.807, 2.05) is 18.2 Å². The van der Waals surface area contributed by atoms with E-state index in [-0.39, 0.29) is 18.2 Å². The molecule has 0 aliphatic carbocycles. The Morgan fingerprint density at radius 2 is 1.77 bits per heavy atom. The number of rotatable bonds is 5. The number of ether oxygens (including phenoxy) is 1. The number of para-hydroxylation sites is 2. The summed E-state index contributed by atoms with van der Waals surface area (Å²) in [5, 5.41) is 8.57. The van der Waals surface area contributed by atoms with Gasteiger partial charge in [-0.05, 0) is 43.3 Å². The minimum Gasteiger partial charge on any atom is -0.462 e. The lowest BCUT2D eigenvalue weighted by Gasteiger charge is -2.26. The molecule has 0 saturated carbocycles. The van der Waals surface area contributed by atoms with Crippen LogP contribution in [0.25, 0.3) is 0 Å². The van der Waals surface area contributed by atoms with Gasteiger partial charge in [-0.3, -0.25) is 9.59 Å². The highest BCUT2D eigenvalue weighted by Gasteiger charge is 2.27. The lowest BCUT2D eigenvalue weighted by atomic mass is 10.1. The van der Waals surface area contributed by atoms with Crippen molar-refractivity contribution in [3.8, 4) is 0 Å². The lowest BCUT2D eigenvalue weighted by molar-refractivity contribution is -0.122. The molecule has 7 heteroatoms. The normalized spacial score (nSPS) is 15.3. The predicted octanol–water partition coefficient (Wildman–Crippen LogP) is 2.62. The first-order valence-electron chi connectivity index (χ1n) is 8.30. The van der Waals surface area contributed by atoms with Crippen molar-refractivity contribution in [3.05, 3.63) is 54.1 Å². The van der Waals surface area contributed by atoms with Gasteiger partial charge in [-0.2, -0.15) is 0 Å². The highest BCUT2D eigenvalue weighted by molar-refractivity contribution is 6.06. The molecule has 0 unspecified atom stereocenters. The fraction of sp³-hybridized carbons (Fsp3) is 0.211. The number of hydrogen-bond acceptors (Lipinski definition) is 5. The molecule has 0 radical (unpaired) electrons. The smallest absolute Gasteiger partial charge is 0.338 e. The van der Waals surface area contributed by atoms with Gasteiger partial charge in [0.15, 0.2) is 0 Å². The fourth-order valence-corrected chi connectivity index (χ4v) is 2.64. The molecule has 1 aliphatic heterocycles. The maximum atomic E-state index is 12.2. The second-order valence-electron chi connectivity index (χ2n) is 5.78. The van der Waals surface area contributed by atoms with Crippen molar-refractivity contribution in [1.82, 2.24) is 0 Å². The van der Waals surface area contributed by atoms with Gasteiger partial charge in [0.2, 0.25) is 11.8 Å². The Morgan fingerprint density at radius 1 is 1.08 bits per heavy atom. The van der Waals surface area contributed by atoms with Crippen molar-refractivity contribution in [2.75, 3.05) is 22.6 Å². The largest absolute Gasteiger partial charge is 0.462 e. The van der Waals surface area contributed by atoms with E-state index in [0.717, 1.165) is 5.69 Å². The Kier molecular flexibility index (Phi) is 5.17. The number of carbonyl (C=O) groups is 3. The van der Waals surface area contributed by atoms with Crippen LogP contribution in [-0.2, 0) is 14.3 Å². The molecule has 7 nitrogen and oxygen atoms in total. The van der Waals surface area contributed by atoms with Crippen molar-refractivity contribution in [2.24, 2.45) is 0 Å². The molecule has 3 rings (SSSR count). The van der Waals surface area contributed by atoms with Crippen LogP contribution >= 0.6 is 0 Å². The number of esters is 1. The summed E-state index contributed by atoms with van der Waals surface area (Å²) in [6.07, 6.45) is -0.0141. The van der Waals surface area contributed by atoms with Crippen LogP contribution in [0.2, 0.25) is 0 Å². The van der Waals surface area contributed by atoms with Gasteiger partial charge in [-0.1, -0.05) is 12.1 Å². The Hall–Kier alpha value is -3.35. The van der Waals surface area contributed by atoms with Gasteiger partial charge in [0, 0.05) is 5.69 Å². The first kappa shape index (κ1) is 17.5. The Morgan fingerprint density at radius 3 is 2.46 bits per heavy atom. The van der Waals surface area contributed by atoms with Gasteiger partial charge in [0.05, 0.1) is 30.0 Å². The zero-order valence-electron chi connectivity index (χ0n) is 14.2.